The van der Waals surface area contributed by atoms with Crippen LogP contribution in [0.5, 0.6) is 0 Å². The first-order chi connectivity index (χ1) is 7.86. The van der Waals surface area contributed by atoms with E-state index in [4.69, 9.17) is 0 Å². The van der Waals surface area contributed by atoms with Crippen LogP contribution in [0.2, 0.25) is 0 Å². The number of halogens is 1. The molecule has 0 amide bonds. The van der Waals surface area contributed by atoms with E-state index < -0.39 is 15.1 Å². The molecule has 1 aromatic rings. The minimum absolute atomic E-state index is 0.164. The summed E-state index contributed by atoms with van der Waals surface area (Å²) in [5.41, 5.74) is 0.993. The van der Waals surface area contributed by atoms with Crippen molar-refractivity contribution >= 4 is 25.8 Å². The van der Waals surface area contributed by atoms with Crippen LogP contribution in [-0.4, -0.2) is 26.5 Å². The second-order valence-corrected chi connectivity index (χ2v) is 7.44. The van der Waals surface area contributed by atoms with Crippen LogP contribution in [0.15, 0.2) is 28.7 Å². The summed E-state index contributed by atoms with van der Waals surface area (Å²) < 4.78 is 24.3. The van der Waals surface area contributed by atoms with E-state index in [0.29, 0.717) is 0 Å². The Hall–Kier alpha value is -0.390. The van der Waals surface area contributed by atoms with E-state index in [1.54, 1.807) is 6.92 Å². The monoisotopic (exact) mass is 319 g/mol. The number of nitrogens with one attached hydrogen (secondary N) is 1. The minimum Gasteiger partial charge on any atom is -0.309 e. The van der Waals surface area contributed by atoms with E-state index in [-0.39, 0.29) is 6.04 Å². The van der Waals surface area contributed by atoms with E-state index in [0.717, 1.165) is 16.6 Å². The van der Waals surface area contributed by atoms with Gasteiger partial charge in [-0.3, -0.25) is 0 Å². The summed E-state index contributed by atoms with van der Waals surface area (Å²) in [6.07, 6.45) is 1.28. The van der Waals surface area contributed by atoms with Gasteiger partial charge in [0.1, 0.15) is 0 Å². The molecule has 0 bridgehead atoms. The van der Waals surface area contributed by atoms with Gasteiger partial charge < -0.3 is 5.32 Å². The molecular formula is C12H18BrNO2S. The van der Waals surface area contributed by atoms with Crippen LogP contribution >= 0.6 is 15.9 Å². The van der Waals surface area contributed by atoms with Crippen LogP contribution in [0.25, 0.3) is 0 Å². The Bertz CT molecular complexity index is 456. The molecule has 1 N–H and O–H groups in total. The van der Waals surface area contributed by atoms with Crippen molar-refractivity contribution in [2.75, 3.05) is 12.8 Å². The first-order valence-electron chi connectivity index (χ1n) is 5.54. The third kappa shape index (κ3) is 4.08. The highest BCUT2D eigenvalue weighted by Crippen LogP contribution is 2.23. The van der Waals surface area contributed by atoms with Crippen LogP contribution in [0.1, 0.15) is 25.5 Å². The average Bonchev–Trinajstić information content (AvgIpc) is 2.25. The molecule has 0 fully saturated rings. The van der Waals surface area contributed by atoms with E-state index >= 15 is 0 Å². The van der Waals surface area contributed by atoms with Gasteiger partial charge in [-0.2, -0.15) is 0 Å². The van der Waals surface area contributed by atoms with Crippen LogP contribution in [-0.2, 0) is 9.84 Å². The third-order valence-electron chi connectivity index (χ3n) is 2.80. The lowest BCUT2D eigenvalue weighted by Gasteiger charge is -2.24. The molecule has 0 spiro atoms. The zero-order valence-corrected chi connectivity index (χ0v) is 12.7. The molecular weight excluding hydrogens is 302 g/mol. The predicted molar refractivity (Wildman–Crippen MR) is 74.9 cm³/mol. The van der Waals surface area contributed by atoms with Gasteiger partial charge in [0.05, 0.1) is 5.25 Å². The minimum atomic E-state index is -3.06. The molecule has 0 saturated heterocycles. The quantitative estimate of drug-likeness (QED) is 0.907. The summed E-state index contributed by atoms with van der Waals surface area (Å²) in [5.74, 6) is 0. The van der Waals surface area contributed by atoms with E-state index in [1.807, 2.05) is 31.2 Å². The molecule has 1 rings (SSSR count). The van der Waals surface area contributed by atoms with Crippen molar-refractivity contribution in [3.8, 4) is 0 Å². The van der Waals surface area contributed by atoms with E-state index in [1.165, 1.54) is 6.26 Å². The second-order valence-electron chi connectivity index (χ2n) is 4.12. The lowest BCUT2D eigenvalue weighted by molar-refractivity contribution is 0.513. The summed E-state index contributed by atoms with van der Waals surface area (Å²) in [6.45, 7) is 4.45. The Labute approximate surface area is 112 Å². The molecule has 0 heterocycles. The molecule has 0 aliphatic heterocycles. The standard InChI is InChI=1S/C12H18BrNO2S/c1-4-14-12(9(2)17(3,15)16)10-5-7-11(13)8-6-10/h5-9,12,14H,4H2,1-3H3. The highest BCUT2D eigenvalue weighted by Gasteiger charge is 2.26. The molecule has 2 unspecified atom stereocenters. The van der Waals surface area contributed by atoms with Crippen LogP contribution in [0.3, 0.4) is 0 Å². The molecule has 5 heteroatoms. The first-order valence-corrected chi connectivity index (χ1v) is 8.28. The van der Waals surface area contributed by atoms with Crippen molar-refractivity contribution in [2.45, 2.75) is 25.1 Å². The SMILES string of the molecule is CCNC(c1ccc(Br)cc1)C(C)S(C)(=O)=O. The van der Waals surface area contributed by atoms with Gasteiger partial charge in [-0.25, -0.2) is 8.42 Å². The van der Waals surface area contributed by atoms with Crippen molar-refractivity contribution in [2.24, 2.45) is 0 Å². The molecule has 96 valence electrons. The highest BCUT2D eigenvalue weighted by molar-refractivity contribution is 9.10. The second kappa shape index (κ2) is 5.98. The van der Waals surface area contributed by atoms with Gasteiger partial charge in [-0.1, -0.05) is 35.0 Å². The maximum absolute atomic E-state index is 11.6. The van der Waals surface area contributed by atoms with Gasteiger partial charge in [0.25, 0.3) is 0 Å². The van der Waals surface area contributed by atoms with E-state index in [9.17, 15) is 8.42 Å². The molecule has 0 aliphatic rings. The molecule has 0 aliphatic carbocycles. The normalized spacial score (nSPS) is 15.5. The molecule has 0 radical (unpaired) electrons. The van der Waals surface area contributed by atoms with Crippen molar-refractivity contribution < 1.29 is 8.42 Å². The molecule has 17 heavy (non-hydrogen) atoms. The van der Waals surface area contributed by atoms with E-state index in [2.05, 4.69) is 21.2 Å². The maximum Gasteiger partial charge on any atom is 0.151 e. The summed E-state index contributed by atoms with van der Waals surface area (Å²) in [4.78, 5) is 0. The number of hydrogen-bond donors (Lipinski definition) is 1. The summed E-state index contributed by atoms with van der Waals surface area (Å²) in [5, 5.41) is 2.79. The molecule has 0 aromatic heterocycles. The fourth-order valence-electron chi connectivity index (χ4n) is 1.69. The average molecular weight is 320 g/mol. The largest absolute Gasteiger partial charge is 0.309 e. The molecule has 1 aromatic carbocycles. The van der Waals surface area contributed by atoms with Gasteiger partial charge in [-0.05, 0) is 31.2 Å². The third-order valence-corrected chi connectivity index (χ3v) is 4.95. The summed E-state index contributed by atoms with van der Waals surface area (Å²) in [7, 11) is -3.06. The van der Waals surface area contributed by atoms with Gasteiger partial charge in [0, 0.05) is 16.8 Å². The smallest absolute Gasteiger partial charge is 0.151 e. The zero-order chi connectivity index (χ0) is 13.1. The Morgan fingerprint density at radius 1 is 1.29 bits per heavy atom. The Kier molecular flexibility index (Phi) is 5.16. The van der Waals surface area contributed by atoms with Crippen LogP contribution in [0.4, 0.5) is 0 Å². The number of hydrogen-bond acceptors (Lipinski definition) is 3. The topological polar surface area (TPSA) is 46.2 Å². The van der Waals surface area contributed by atoms with Crippen molar-refractivity contribution in [1.82, 2.24) is 5.32 Å². The van der Waals surface area contributed by atoms with Gasteiger partial charge in [0.15, 0.2) is 9.84 Å². The molecule has 2 atom stereocenters. The Morgan fingerprint density at radius 3 is 2.24 bits per heavy atom. The fraction of sp³-hybridized carbons (Fsp3) is 0.500. The lowest BCUT2D eigenvalue weighted by Crippen LogP contribution is -2.34. The van der Waals surface area contributed by atoms with Crippen LogP contribution in [0, 0.1) is 0 Å². The number of sulfone groups is 1. The summed E-state index contributed by atoms with van der Waals surface area (Å²) in [6, 6.07) is 7.57. The predicted octanol–water partition coefficient (Wildman–Crippen LogP) is 2.53. The zero-order valence-electron chi connectivity index (χ0n) is 10.3. The van der Waals surface area contributed by atoms with Gasteiger partial charge >= 0.3 is 0 Å². The number of benzene rings is 1. The number of rotatable bonds is 5. The van der Waals surface area contributed by atoms with Gasteiger partial charge in [0.2, 0.25) is 0 Å². The Morgan fingerprint density at radius 2 is 1.82 bits per heavy atom. The van der Waals surface area contributed by atoms with Crippen molar-refractivity contribution in [1.29, 1.82) is 0 Å². The molecule has 0 saturated carbocycles. The highest BCUT2D eigenvalue weighted by atomic mass is 79.9. The van der Waals surface area contributed by atoms with Gasteiger partial charge in [-0.15, -0.1) is 0 Å². The Balaban J connectivity index is 3.05. The lowest BCUT2D eigenvalue weighted by atomic mass is 10.0. The van der Waals surface area contributed by atoms with Crippen molar-refractivity contribution in [3.63, 3.8) is 0 Å². The summed E-state index contributed by atoms with van der Waals surface area (Å²) >= 11 is 3.37. The molecule has 3 nitrogen and oxygen atoms in total. The fourth-order valence-corrected chi connectivity index (χ4v) is 2.70. The van der Waals surface area contributed by atoms with Crippen LogP contribution < -0.4 is 5.32 Å². The van der Waals surface area contributed by atoms with Crippen molar-refractivity contribution in [3.05, 3.63) is 34.3 Å². The maximum atomic E-state index is 11.6. The first kappa shape index (κ1) is 14.7.